The van der Waals surface area contributed by atoms with Gasteiger partial charge in [0.2, 0.25) is 0 Å². The van der Waals surface area contributed by atoms with Crippen LogP contribution in [0.5, 0.6) is 0 Å². The van der Waals surface area contributed by atoms with Gasteiger partial charge in [-0.05, 0) is 72.2 Å². The summed E-state index contributed by atoms with van der Waals surface area (Å²) in [6.07, 6.45) is 12.8. The number of nitrogens with zero attached hydrogens (tertiary/aromatic N) is 2. The van der Waals surface area contributed by atoms with Crippen molar-refractivity contribution in [1.82, 2.24) is 8.75 Å². The predicted molar refractivity (Wildman–Crippen MR) is 189 cm³/mol. The monoisotopic (exact) mass is 626 g/mol. The molecule has 0 N–H and O–H groups in total. The zero-order valence-electron chi connectivity index (χ0n) is 24.5. The van der Waals surface area contributed by atoms with Gasteiger partial charge in [0.25, 0.3) is 0 Å². The second kappa shape index (κ2) is 14.2. The molecule has 6 heteroatoms. The number of hydrogen-bond donors (Lipinski definition) is 0. The third kappa shape index (κ3) is 6.78. The SMILES string of the molecule is CCCCCCc1ccc(-c2ccc(C3=S=C(c4ccc(-c5ccc(CCCCCC)cc5)s4)c4nsnc43)s2)cc1. The lowest BCUT2D eigenvalue weighted by molar-refractivity contribution is 0.667. The fourth-order valence-electron chi connectivity index (χ4n) is 5.43. The molecule has 42 heavy (non-hydrogen) atoms. The Bertz CT molecular complexity index is 1560. The van der Waals surface area contributed by atoms with Gasteiger partial charge < -0.3 is 0 Å². The topological polar surface area (TPSA) is 25.8 Å². The average Bonchev–Trinajstić information content (AvgIpc) is 3.83. The summed E-state index contributed by atoms with van der Waals surface area (Å²) in [5, 5.41) is 0. The van der Waals surface area contributed by atoms with Crippen molar-refractivity contribution in [3.05, 3.63) is 105 Å². The van der Waals surface area contributed by atoms with Crippen molar-refractivity contribution in [1.29, 1.82) is 0 Å². The van der Waals surface area contributed by atoms with Crippen LogP contribution in [0.4, 0.5) is 0 Å². The molecular formula is C36H38N2S4. The number of rotatable bonds is 14. The Morgan fingerprint density at radius 3 is 1.33 bits per heavy atom. The number of hydrogen-bond acceptors (Lipinski definition) is 5. The number of unbranched alkanes of at least 4 members (excludes halogenated alkanes) is 6. The molecule has 2 nitrogen and oxygen atoms in total. The molecule has 0 spiro atoms. The molecule has 0 saturated carbocycles. The molecule has 0 atom stereocenters. The van der Waals surface area contributed by atoms with Crippen LogP contribution in [0.15, 0.2) is 72.8 Å². The third-order valence-electron chi connectivity index (χ3n) is 7.90. The summed E-state index contributed by atoms with van der Waals surface area (Å²) in [6.45, 7) is 4.54. The summed E-state index contributed by atoms with van der Waals surface area (Å²) >= 11 is 5.04. The number of aromatic nitrogens is 2. The van der Waals surface area contributed by atoms with Crippen molar-refractivity contribution in [3.8, 4) is 20.9 Å². The van der Waals surface area contributed by atoms with Crippen molar-refractivity contribution in [2.75, 3.05) is 0 Å². The molecule has 5 aromatic rings. The van der Waals surface area contributed by atoms with Gasteiger partial charge in [-0.25, -0.2) is 0 Å². The third-order valence-corrected chi connectivity index (χ3v) is 12.2. The highest BCUT2D eigenvalue weighted by Crippen LogP contribution is 2.36. The molecule has 6 rings (SSSR count). The van der Waals surface area contributed by atoms with Crippen LogP contribution in [0.3, 0.4) is 0 Å². The van der Waals surface area contributed by atoms with Crippen molar-refractivity contribution in [2.45, 2.75) is 78.1 Å². The summed E-state index contributed by atoms with van der Waals surface area (Å²) in [5.41, 5.74) is 7.55. The van der Waals surface area contributed by atoms with E-state index in [9.17, 15) is 0 Å². The van der Waals surface area contributed by atoms with Crippen LogP contribution >= 0.6 is 45.3 Å². The number of aryl methyl sites for hydroxylation is 2. The van der Waals surface area contributed by atoms with Crippen molar-refractivity contribution in [2.24, 2.45) is 0 Å². The first-order valence-electron chi connectivity index (χ1n) is 15.4. The lowest BCUT2D eigenvalue weighted by atomic mass is 10.0. The fraction of sp³-hybridized carbons (Fsp3) is 0.333. The first kappa shape index (κ1) is 29.4. The Labute approximate surface area is 266 Å². The summed E-state index contributed by atoms with van der Waals surface area (Å²) in [7, 11) is 1.84. The molecule has 0 radical (unpaired) electrons. The highest BCUT2D eigenvalue weighted by molar-refractivity contribution is 8.00. The fourth-order valence-corrected chi connectivity index (χ4v) is 9.53. The number of thiophene rings is 2. The van der Waals surface area contributed by atoms with E-state index in [2.05, 4.69) is 86.6 Å². The number of benzene rings is 2. The molecule has 3 aromatic heterocycles. The lowest BCUT2D eigenvalue weighted by Crippen LogP contribution is -2.01. The predicted octanol–water partition coefficient (Wildman–Crippen LogP) is 11.1. The van der Waals surface area contributed by atoms with Gasteiger partial charge in [0.1, 0.15) is 11.4 Å². The summed E-state index contributed by atoms with van der Waals surface area (Å²) in [4.78, 5) is 7.63. The smallest absolute Gasteiger partial charge is 0.124 e. The van der Waals surface area contributed by atoms with Crippen LogP contribution in [0.2, 0.25) is 0 Å². The van der Waals surface area contributed by atoms with Gasteiger partial charge >= 0.3 is 0 Å². The first-order valence-corrected chi connectivity index (χ1v) is 18.6. The maximum atomic E-state index is 4.74. The molecular weight excluding hydrogens is 589 g/mol. The Kier molecular flexibility index (Phi) is 9.97. The van der Waals surface area contributed by atoms with Gasteiger partial charge in [0.05, 0.1) is 21.5 Å². The lowest BCUT2D eigenvalue weighted by Gasteiger charge is -2.03. The van der Waals surface area contributed by atoms with Gasteiger partial charge in [0.15, 0.2) is 0 Å². The highest BCUT2D eigenvalue weighted by Gasteiger charge is 2.27. The Morgan fingerprint density at radius 2 is 0.905 bits per heavy atom. The zero-order chi connectivity index (χ0) is 28.7. The number of fused-ring (bicyclic) bond motifs is 1. The van der Waals surface area contributed by atoms with E-state index in [1.54, 1.807) is 0 Å². The Morgan fingerprint density at radius 1 is 0.476 bits per heavy atom. The van der Waals surface area contributed by atoms with Crippen molar-refractivity contribution in [3.63, 3.8) is 0 Å². The average molecular weight is 627 g/mol. The maximum Gasteiger partial charge on any atom is 0.124 e. The van der Waals surface area contributed by atoms with Gasteiger partial charge in [-0.15, -0.1) is 33.6 Å². The van der Waals surface area contributed by atoms with Crippen LogP contribution < -0.4 is 0 Å². The van der Waals surface area contributed by atoms with Gasteiger partial charge in [-0.1, -0.05) is 101 Å². The normalized spacial score (nSPS) is 12.6. The maximum absolute atomic E-state index is 4.74. The second-order valence-electron chi connectivity index (χ2n) is 11.1. The minimum Gasteiger partial charge on any atom is -0.171 e. The molecule has 1 aliphatic rings. The summed E-state index contributed by atoms with van der Waals surface area (Å²) in [5.74, 6) is 0. The van der Waals surface area contributed by atoms with Gasteiger partial charge in [-0.2, -0.15) is 8.75 Å². The molecule has 2 aromatic carbocycles. The zero-order valence-corrected chi connectivity index (χ0v) is 27.8. The van der Waals surface area contributed by atoms with Gasteiger partial charge in [0, 0.05) is 19.5 Å². The Balaban J connectivity index is 1.19. The molecule has 0 saturated heterocycles. The molecule has 216 valence electrons. The highest BCUT2D eigenvalue weighted by atomic mass is 32.1. The minimum atomic E-state index is 1.04. The van der Waals surface area contributed by atoms with E-state index >= 15 is 0 Å². The van der Waals surface area contributed by atoms with E-state index in [0.29, 0.717) is 0 Å². The van der Waals surface area contributed by atoms with E-state index in [-0.39, 0.29) is 0 Å². The summed E-state index contributed by atoms with van der Waals surface area (Å²) in [6, 6.07) is 27.4. The van der Waals surface area contributed by atoms with E-state index < -0.39 is 0 Å². The van der Waals surface area contributed by atoms with Crippen molar-refractivity contribution < 1.29 is 0 Å². The molecule has 0 amide bonds. The van der Waals surface area contributed by atoms with Crippen LogP contribution in [0, 0.1) is 0 Å². The van der Waals surface area contributed by atoms with Crippen LogP contribution in [-0.4, -0.2) is 18.5 Å². The molecule has 0 aliphatic carbocycles. The first-order chi connectivity index (χ1) is 20.7. The Hall–Kier alpha value is -2.64. The minimum absolute atomic E-state index is 1.04. The quantitative estimate of drug-likeness (QED) is 0.0888. The van der Waals surface area contributed by atoms with Crippen LogP contribution in [0.25, 0.3) is 20.9 Å². The van der Waals surface area contributed by atoms with Gasteiger partial charge in [-0.3, -0.25) is 0 Å². The molecule has 0 fully saturated rings. The van der Waals surface area contributed by atoms with Crippen LogP contribution in [-0.2, 0) is 12.8 Å². The standard InChI is InChI=1S/C36H38N2S4/c1-3-5-7-9-11-25-13-17-27(18-14-25)29-21-23-31(39-29)35-33-34(38-42-37-33)36(41-35)32-24-22-30(40-32)28-19-15-26(16-20-28)12-10-8-6-4-2/h13-24H,3-12H2,1-2H3. The molecule has 1 aliphatic heterocycles. The second-order valence-corrected chi connectivity index (χ2v) is 14.8. The molecule has 4 heterocycles. The largest absolute Gasteiger partial charge is 0.171 e. The van der Waals surface area contributed by atoms with E-state index in [0.717, 1.165) is 11.4 Å². The van der Waals surface area contributed by atoms with E-state index in [4.69, 9.17) is 8.75 Å². The summed E-state index contributed by atoms with van der Waals surface area (Å²) < 4.78 is 9.48. The van der Waals surface area contributed by atoms with E-state index in [1.807, 2.05) is 33.6 Å². The molecule has 0 unspecified atom stereocenters. The van der Waals surface area contributed by atoms with E-state index in [1.165, 1.54) is 127 Å². The van der Waals surface area contributed by atoms with Crippen LogP contribution in [0.1, 0.15) is 97.5 Å². The molecule has 0 bridgehead atoms. The van der Waals surface area contributed by atoms with Crippen molar-refractivity contribution >= 4 is 55.1 Å².